The fourth-order valence-corrected chi connectivity index (χ4v) is 2.15. The number of nitrogens with two attached hydrogens (primary N) is 1. The van der Waals surface area contributed by atoms with Crippen molar-refractivity contribution in [3.63, 3.8) is 0 Å². The fourth-order valence-electron chi connectivity index (χ4n) is 2.15. The SMILES string of the molecule is C=C(COc1cnc(N)nc1NCCCC)N=C(OC)c1ccccc1. The number of benzene rings is 1. The third kappa shape index (κ3) is 5.77. The van der Waals surface area contributed by atoms with E-state index >= 15 is 0 Å². The lowest BCUT2D eigenvalue weighted by atomic mass is 10.2. The van der Waals surface area contributed by atoms with Gasteiger partial charge in [-0.3, -0.25) is 0 Å². The molecule has 0 radical (unpaired) electrons. The molecule has 2 rings (SSSR count). The number of ether oxygens (including phenoxy) is 2. The molecule has 26 heavy (non-hydrogen) atoms. The Morgan fingerprint density at radius 1 is 1.31 bits per heavy atom. The molecule has 138 valence electrons. The summed E-state index contributed by atoms with van der Waals surface area (Å²) in [4.78, 5) is 12.6. The lowest BCUT2D eigenvalue weighted by molar-refractivity contribution is 0.347. The highest BCUT2D eigenvalue weighted by Gasteiger charge is 2.09. The first kappa shape index (κ1) is 19.2. The normalized spacial score (nSPS) is 11.1. The molecule has 0 saturated heterocycles. The second kappa shape index (κ2) is 10.0. The monoisotopic (exact) mass is 355 g/mol. The van der Waals surface area contributed by atoms with E-state index in [-0.39, 0.29) is 12.6 Å². The minimum atomic E-state index is 0.176. The molecule has 7 nitrogen and oxygen atoms in total. The Bertz CT molecular complexity index is 747. The van der Waals surface area contributed by atoms with Crippen molar-refractivity contribution in [2.45, 2.75) is 19.8 Å². The summed E-state index contributed by atoms with van der Waals surface area (Å²) in [5.41, 5.74) is 7.05. The van der Waals surface area contributed by atoms with Gasteiger partial charge in [-0.1, -0.05) is 38.1 Å². The summed E-state index contributed by atoms with van der Waals surface area (Å²) >= 11 is 0. The molecule has 0 unspecified atom stereocenters. The van der Waals surface area contributed by atoms with Crippen molar-refractivity contribution >= 4 is 17.7 Å². The highest BCUT2D eigenvalue weighted by molar-refractivity contribution is 5.94. The number of unbranched alkanes of at least 4 members (excludes halogenated alkanes) is 1. The lowest BCUT2D eigenvalue weighted by Gasteiger charge is -2.12. The van der Waals surface area contributed by atoms with Crippen LogP contribution >= 0.6 is 0 Å². The van der Waals surface area contributed by atoms with Gasteiger partial charge in [0.2, 0.25) is 11.8 Å². The second-order valence-corrected chi connectivity index (χ2v) is 5.56. The van der Waals surface area contributed by atoms with E-state index in [4.69, 9.17) is 15.2 Å². The number of methoxy groups -OCH3 is 1. The average molecular weight is 355 g/mol. The van der Waals surface area contributed by atoms with Crippen molar-refractivity contribution in [1.29, 1.82) is 0 Å². The summed E-state index contributed by atoms with van der Waals surface area (Å²) < 4.78 is 11.1. The summed E-state index contributed by atoms with van der Waals surface area (Å²) in [7, 11) is 1.57. The zero-order valence-electron chi connectivity index (χ0n) is 15.2. The maximum atomic E-state index is 5.76. The van der Waals surface area contributed by atoms with E-state index < -0.39 is 0 Å². The van der Waals surface area contributed by atoms with Crippen molar-refractivity contribution in [2.24, 2.45) is 4.99 Å². The van der Waals surface area contributed by atoms with Crippen molar-refractivity contribution < 1.29 is 9.47 Å². The number of hydrogen-bond acceptors (Lipinski definition) is 7. The Morgan fingerprint density at radius 3 is 2.77 bits per heavy atom. The Labute approximate surface area is 154 Å². The van der Waals surface area contributed by atoms with Crippen LogP contribution in [0.3, 0.4) is 0 Å². The molecular weight excluding hydrogens is 330 g/mol. The Balaban J connectivity index is 2.03. The number of nitrogens with one attached hydrogen (secondary N) is 1. The second-order valence-electron chi connectivity index (χ2n) is 5.56. The van der Waals surface area contributed by atoms with Crippen molar-refractivity contribution in [1.82, 2.24) is 9.97 Å². The van der Waals surface area contributed by atoms with Crippen LogP contribution in [-0.4, -0.2) is 36.1 Å². The summed E-state index contributed by atoms with van der Waals surface area (Å²) in [6.45, 7) is 7.01. The first-order valence-corrected chi connectivity index (χ1v) is 8.49. The Kier molecular flexibility index (Phi) is 7.42. The van der Waals surface area contributed by atoms with E-state index in [1.807, 2.05) is 30.3 Å². The van der Waals surface area contributed by atoms with E-state index in [0.717, 1.165) is 24.9 Å². The van der Waals surface area contributed by atoms with E-state index in [2.05, 4.69) is 33.8 Å². The average Bonchev–Trinajstić information content (AvgIpc) is 2.66. The van der Waals surface area contributed by atoms with Crippen LogP contribution in [0.2, 0.25) is 0 Å². The Morgan fingerprint density at radius 2 is 2.08 bits per heavy atom. The van der Waals surface area contributed by atoms with E-state index in [0.29, 0.717) is 23.2 Å². The number of nitrogen functional groups attached to an aromatic ring is 1. The molecule has 0 aliphatic rings. The summed E-state index contributed by atoms with van der Waals surface area (Å²) in [5.74, 6) is 1.75. The molecule has 1 heterocycles. The van der Waals surface area contributed by atoms with E-state index in [1.54, 1.807) is 13.3 Å². The molecule has 3 N–H and O–H groups in total. The molecular formula is C19H25N5O2. The predicted octanol–water partition coefficient (Wildman–Crippen LogP) is 3.26. The van der Waals surface area contributed by atoms with E-state index in [9.17, 15) is 0 Å². The fraction of sp³-hybridized carbons (Fsp3) is 0.316. The molecule has 0 bridgehead atoms. The van der Waals surface area contributed by atoms with Crippen molar-refractivity contribution in [3.05, 3.63) is 54.4 Å². The van der Waals surface area contributed by atoms with Crippen LogP contribution in [0.5, 0.6) is 5.75 Å². The molecule has 1 aromatic heterocycles. The molecule has 0 atom stereocenters. The summed E-state index contributed by atoms with van der Waals surface area (Å²) in [6.07, 6.45) is 3.64. The van der Waals surface area contributed by atoms with Gasteiger partial charge < -0.3 is 20.5 Å². The van der Waals surface area contributed by atoms with Gasteiger partial charge in [0.15, 0.2) is 11.6 Å². The Hall–Kier alpha value is -3.09. The van der Waals surface area contributed by atoms with Crippen LogP contribution in [0, 0.1) is 0 Å². The quantitative estimate of drug-likeness (QED) is 0.407. The molecule has 0 fully saturated rings. The summed E-state index contributed by atoms with van der Waals surface area (Å²) in [5, 5.41) is 3.21. The van der Waals surface area contributed by atoms with Gasteiger partial charge in [0, 0.05) is 12.1 Å². The minimum absolute atomic E-state index is 0.176. The highest BCUT2D eigenvalue weighted by atomic mass is 16.5. The van der Waals surface area contributed by atoms with Gasteiger partial charge in [-0.15, -0.1) is 0 Å². The number of rotatable bonds is 9. The number of aromatic nitrogens is 2. The highest BCUT2D eigenvalue weighted by Crippen LogP contribution is 2.22. The topological polar surface area (TPSA) is 94.7 Å². The zero-order chi connectivity index (χ0) is 18.8. The molecule has 0 amide bonds. The van der Waals surface area contributed by atoms with Crippen LogP contribution in [0.1, 0.15) is 25.3 Å². The van der Waals surface area contributed by atoms with Crippen LogP contribution < -0.4 is 15.8 Å². The van der Waals surface area contributed by atoms with Gasteiger partial charge in [-0.2, -0.15) is 4.98 Å². The largest absolute Gasteiger partial charge is 0.482 e. The first-order chi connectivity index (χ1) is 12.6. The molecule has 0 aliphatic heterocycles. The lowest BCUT2D eigenvalue weighted by Crippen LogP contribution is -2.10. The summed E-state index contributed by atoms with van der Waals surface area (Å²) in [6, 6.07) is 9.61. The van der Waals surface area contributed by atoms with Crippen LogP contribution in [0.25, 0.3) is 0 Å². The van der Waals surface area contributed by atoms with Crippen LogP contribution in [-0.2, 0) is 4.74 Å². The molecule has 0 aliphatic carbocycles. The van der Waals surface area contributed by atoms with Gasteiger partial charge in [0.25, 0.3) is 0 Å². The van der Waals surface area contributed by atoms with E-state index in [1.165, 1.54) is 0 Å². The number of hydrogen-bond donors (Lipinski definition) is 2. The minimum Gasteiger partial charge on any atom is -0.482 e. The smallest absolute Gasteiger partial charge is 0.222 e. The van der Waals surface area contributed by atoms with Gasteiger partial charge in [-0.05, 0) is 18.6 Å². The number of anilines is 2. The molecule has 1 aromatic carbocycles. The maximum absolute atomic E-state index is 5.76. The molecule has 0 spiro atoms. The molecule has 7 heteroatoms. The molecule has 0 saturated carbocycles. The standard InChI is InChI=1S/C19H25N5O2/c1-4-5-11-21-17-16(12-22-19(20)24-17)26-13-14(2)23-18(25-3)15-9-7-6-8-10-15/h6-10,12H,2,4-5,11,13H2,1,3H3,(H3,20,21,22,24). The van der Waals surface area contributed by atoms with Crippen LogP contribution in [0.15, 0.2) is 53.8 Å². The van der Waals surface area contributed by atoms with Gasteiger partial charge >= 0.3 is 0 Å². The number of nitrogens with zero attached hydrogens (tertiary/aromatic N) is 3. The maximum Gasteiger partial charge on any atom is 0.222 e. The van der Waals surface area contributed by atoms with Crippen LogP contribution in [0.4, 0.5) is 11.8 Å². The van der Waals surface area contributed by atoms with Gasteiger partial charge in [0.1, 0.15) is 6.61 Å². The number of aliphatic imine (C=N–C) groups is 1. The van der Waals surface area contributed by atoms with Crippen molar-refractivity contribution in [3.8, 4) is 5.75 Å². The predicted molar refractivity (Wildman–Crippen MR) is 104 cm³/mol. The van der Waals surface area contributed by atoms with Gasteiger partial charge in [0.05, 0.1) is 19.0 Å². The van der Waals surface area contributed by atoms with Crippen molar-refractivity contribution in [2.75, 3.05) is 31.3 Å². The zero-order valence-corrected chi connectivity index (χ0v) is 15.2. The first-order valence-electron chi connectivity index (χ1n) is 8.49. The third-order valence-electron chi connectivity index (χ3n) is 3.46. The third-order valence-corrected chi connectivity index (χ3v) is 3.46. The van der Waals surface area contributed by atoms with Gasteiger partial charge in [-0.25, -0.2) is 9.98 Å². The molecule has 2 aromatic rings.